The summed E-state index contributed by atoms with van der Waals surface area (Å²) in [5.41, 5.74) is 0. The van der Waals surface area contributed by atoms with E-state index in [0.29, 0.717) is 16.2 Å². The molecule has 0 bridgehead atoms. The molecule has 0 aliphatic carbocycles. The first-order valence-corrected chi connectivity index (χ1v) is 6.35. The van der Waals surface area contributed by atoms with Gasteiger partial charge in [-0.3, -0.25) is 9.59 Å². The molecule has 0 aromatic carbocycles. The van der Waals surface area contributed by atoms with E-state index in [4.69, 9.17) is 11.6 Å². The van der Waals surface area contributed by atoms with Crippen LogP contribution in [0.1, 0.15) is 9.80 Å². The van der Waals surface area contributed by atoms with Crippen LogP contribution in [-0.2, 0) is 4.79 Å². The van der Waals surface area contributed by atoms with Crippen LogP contribution in [0.5, 0.6) is 0 Å². The van der Waals surface area contributed by atoms with Crippen LogP contribution in [0, 0.1) is 0 Å². The molecule has 0 saturated carbocycles. The normalized spacial score (nSPS) is 11.3. The van der Waals surface area contributed by atoms with Crippen LogP contribution in [0.4, 0.5) is 13.2 Å². The average Bonchev–Trinajstić information content (AvgIpc) is 2.72. The Labute approximate surface area is 121 Å². The highest BCUT2D eigenvalue weighted by Crippen LogP contribution is 2.21. The fourth-order valence-electron chi connectivity index (χ4n) is 1.15. The Morgan fingerprint density at radius 2 is 1.90 bits per heavy atom. The monoisotopic (exact) mass is 330 g/mol. The van der Waals surface area contributed by atoms with Crippen molar-refractivity contribution in [3.63, 3.8) is 0 Å². The van der Waals surface area contributed by atoms with Crippen molar-refractivity contribution in [2.24, 2.45) is 0 Å². The Bertz CT molecular complexity index is 506. The van der Waals surface area contributed by atoms with Crippen LogP contribution in [0.2, 0.25) is 4.47 Å². The first kappa shape index (κ1) is 16.6. The zero-order valence-corrected chi connectivity index (χ0v) is 12.0. The minimum Gasteiger partial charge on any atom is -0.347 e. The number of halogens is 4. The molecule has 1 aromatic heterocycles. The second kappa shape index (κ2) is 6.35. The van der Waals surface area contributed by atoms with Gasteiger partial charge in [0.05, 0.1) is 0 Å². The molecule has 1 heterocycles. The van der Waals surface area contributed by atoms with Gasteiger partial charge in [-0.05, 0) is 11.6 Å². The van der Waals surface area contributed by atoms with Crippen LogP contribution in [0.3, 0.4) is 0 Å². The van der Waals surface area contributed by atoms with E-state index < -0.39 is 31.1 Å². The molecule has 0 atom stereocenters. The van der Waals surface area contributed by atoms with Gasteiger partial charge in [-0.1, -0.05) is 11.3 Å². The van der Waals surface area contributed by atoms with E-state index in [0.717, 1.165) is 4.90 Å². The topological polar surface area (TPSA) is 66.4 Å². The molecule has 0 fully saturated rings. The van der Waals surface area contributed by atoms with Crippen LogP contribution in [0.25, 0.3) is 0 Å². The van der Waals surface area contributed by atoms with Gasteiger partial charge in [0.2, 0.25) is 15.4 Å². The summed E-state index contributed by atoms with van der Waals surface area (Å²) in [6.45, 7) is -2.26. The van der Waals surface area contributed by atoms with Gasteiger partial charge in [-0.15, -0.1) is 10.2 Å². The van der Waals surface area contributed by atoms with Crippen molar-refractivity contribution in [3.8, 4) is 0 Å². The zero-order valence-electron chi connectivity index (χ0n) is 10.4. The maximum Gasteiger partial charge on any atom is 0.406 e. The number of hydrogen-bond donors (Lipinski definition) is 0. The molecule has 0 aliphatic heterocycles. The molecule has 2 amide bonds. The van der Waals surface area contributed by atoms with Crippen LogP contribution in [0.15, 0.2) is 0 Å². The predicted octanol–water partition coefficient (Wildman–Crippen LogP) is 1.28. The number of nitrogens with zero attached hydrogens (tertiary/aromatic N) is 4. The van der Waals surface area contributed by atoms with Crippen LogP contribution >= 0.6 is 22.9 Å². The molecule has 6 nitrogen and oxygen atoms in total. The number of hydrogen-bond acceptors (Lipinski definition) is 5. The van der Waals surface area contributed by atoms with Gasteiger partial charge >= 0.3 is 6.18 Å². The molecule has 0 aliphatic rings. The molecule has 0 unspecified atom stereocenters. The lowest BCUT2D eigenvalue weighted by Crippen LogP contribution is -2.44. The molecule has 1 aromatic rings. The largest absolute Gasteiger partial charge is 0.406 e. The van der Waals surface area contributed by atoms with Gasteiger partial charge in [0.15, 0.2) is 0 Å². The van der Waals surface area contributed by atoms with E-state index >= 15 is 0 Å². The molecule has 20 heavy (non-hydrogen) atoms. The van der Waals surface area contributed by atoms with E-state index in [1.807, 2.05) is 0 Å². The van der Waals surface area contributed by atoms with E-state index in [-0.39, 0.29) is 9.47 Å². The van der Waals surface area contributed by atoms with Gasteiger partial charge in [0.25, 0.3) is 5.91 Å². The Balaban J connectivity index is 2.92. The SMILES string of the molecule is CN(C)C(=O)CN(CC(F)(F)F)C(=O)c1nnc(Cl)s1. The zero-order chi connectivity index (χ0) is 15.5. The van der Waals surface area contributed by atoms with Crippen LogP contribution < -0.4 is 0 Å². The third-order valence-electron chi connectivity index (χ3n) is 2.07. The number of amides is 2. The van der Waals surface area contributed by atoms with Gasteiger partial charge in [-0.25, -0.2) is 0 Å². The maximum atomic E-state index is 12.5. The van der Waals surface area contributed by atoms with Crippen molar-refractivity contribution in [3.05, 3.63) is 9.47 Å². The summed E-state index contributed by atoms with van der Waals surface area (Å²) in [6.07, 6.45) is -4.63. The van der Waals surface area contributed by atoms with Crippen molar-refractivity contribution in [2.75, 3.05) is 27.2 Å². The molecule has 11 heteroatoms. The third kappa shape index (κ3) is 4.93. The van der Waals surface area contributed by atoms with Gasteiger partial charge in [0, 0.05) is 14.1 Å². The summed E-state index contributed by atoms with van der Waals surface area (Å²) in [6, 6.07) is 0. The summed E-state index contributed by atoms with van der Waals surface area (Å²) >= 11 is 6.12. The molecule has 1 rings (SSSR count). The van der Waals surface area contributed by atoms with Crippen molar-refractivity contribution in [2.45, 2.75) is 6.18 Å². The first-order valence-electron chi connectivity index (χ1n) is 5.15. The highest BCUT2D eigenvalue weighted by atomic mass is 35.5. The number of alkyl halides is 3. The average molecular weight is 331 g/mol. The van der Waals surface area contributed by atoms with Gasteiger partial charge < -0.3 is 9.80 Å². The number of carbonyl (C=O) groups is 2. The molecule has 0 N–H and O–H groups in total. The lowest BCUT2D eigenvalue weighted by atomic mass is 10.4. The Hall–Kier alpha value is -1.42. The van der Waals surface area contributed by atoms with Crippen LogP contribution in [-0.4, -0.2) is 65.2 Å². The predicted molar refractivity (Wildman–Crippen MR) is 65.6 cm³/mol. The lowest BCUT2D eigenvalue weighted by molar-refractivity contribution is -0.146. The smallest absolute Gasteiger partial charge is 0.347 e. The van der Waals surface area contributed by atoms with Crippen molar-refractivity contribution in [1.29, 1.82) is 0 Å². The number of likely N-dealkylation sites (N-methyl/N-ethyl adjacent to an activating group) is 1. The molecule has 0 spiro atoms. The van der Waals surface area contributed by atoms with Crippen molar-refractivity contribution in [1.82, 2.24) is 20.0 Å². The highest BCUT2D eigenvalue weighted by molar-refractivity contribution is 7.17. The van der Waals surface area contributed by atoms with E-state index in [9.17, 15) is 22.8 Å². The number of rotatable bonds is 4. The maximum absolute atomic E-state index is 12.5. The Kier molecular flexibility index (Phi) is 5.28. The highest BCUT2D eigenvalue weighted by Gasteiger charge is 2.35. The first-order chi connectivity index (χ1) is 9.10. The summed E-state index contributed by atoms with van der Waals surface area (Å²) in [5.74, 6) is -1.68. The van der Waals surface area contributed by atoms with E-state index in [1.165, 1.54) is 14.1 Å². The summed E-state index contributed by atoms with van der Waals surface area (Å²) in [7, 11) is 2.75. The number of carbonyl (C=O) groups excluding carboxylic acids is 2. The summed E-state index contributed by atoms with van der Waals surface area (Å²) in [5, 5.41) is 6.41. The molecule has 0 radical (unpaired) electrons. The van der Waals surface area contributed by atoms with E-state index in [2.05, 4.69) is 10.2 Å². The van der Waals surface area contributed by atoms with Gasteiger partial charge in [-0.2, -0.15) is 13.2 Å². The molecular formula is C9H10ClF3N4O2S. The summed E-state index contributed by atoms with van der Waals surface area (Å²) in [4.78, 5) is 24.8. The standard InChI is InChI=1S/C9H10ClF3N4O2S/c1-16(2)5(18)3-17(4-9(11,12)13)7(19)6-14-15-8(10)20-6/h3-4H2,1-2H3. The number of aromatic nitrogens is 2. The van der Waals surface area contributed by atoms with E-state index in [1.54, 1.807) is 0 Å². The third-order valence-corrected chi connectivity index (χ3v) is 3.07. The van der Waals surface area contributed by atoms with Crippen molar-refractivity contribution < 1.29 is 22.8 Å². The minimum atomic E-state index is -4.63. The second-order valence-electron chi connectivity index (χ2n) is 3.92. The minimum absolute atomic E-state index is 0.0701. The fourth-order valence-corrected chi connectivity index (χ4v) is 1.94. The van der Waals surface area contributed by atoms with Crippen molar-refractivity contribution >= 4 is 34.8 Å². The lowest BCUT2D eigenvalue weighted by Gasteiger charge is -2.23. The molecule has 112 valence electrons. The quantitative estimate of drug-likeness (QED) is 0.834. The molecular weight excluding hydrogens is 321 g/mol. The summed E-state index contributed by atoms with van der Waals surface area (Å²) < 4.78 is 37.3. The Morgan fingerprint density at radius 3 is 2.30 bits per heavy atom. The second-order valence-corrected chi connectivity index (χ2v) is 5.48. The fraction of sp³-hybridized carbons (Fsp3) is 0.556. The molecule has 0 saturated heterocycles. The Morgan fingerprint density at radius 1 is 1.30 bits per heavy atom. The van der Waals surface area contributed by atoms with Gasteiger partial charge in [0.1, 0.15) is 13.1 Å².